The highest BCUT2D eigenvalue weighted by molar-refractivity contribution is 5.97. The van der Waals surface area contributed by atoms with Gasteiger partial charge in [-0.2, -0.15) is 0 Å². The number of hydrogen-bond donors (Lipinski definition) is 2. The molecule has 2 amide bonds. The Balaban J connectivity index is 1.59. The molecule has 140 valence electrons. The summed E-state index contributed by atoms with van der Waals surface area (Å²) in [5, 5.41) is 10.3. The highest BCUT2D eigenvalue weighted by Gasteiger charge is 2.57. The molecule has 0 aliphatic carbocycles. The van der Waals surface area contributed by atoms with Crippen LogP contribution in [0.1, 0.15) is 45.5 Å². The minimum absolute atomic E-state index is 0.0260. The van der Waals surface area contributed by atoms with Gasteiger partial charge >= 0.3 is 0 Å². The molecule has 2 fully saturated rings. The first-order valence-electron chi connectivity index (χ1n) is 9.41. The molecule has 2 bridgehead atoms. The molecule has 2 saturated heterocycles. The van der Waals surface area contributed by atoms with Crippen LogP contribution in [0.3, 0.4) is 0 Å². The maximum absolute atomic E-state index is 13.2. The normalized spacial score (nSPS) is 26.3. The number of carbonyl (C=O) groups excluding carboxylic acids is 2. The van der Waals surface area contributed by atoms with Gasteiger partial charge < -0.3 is 15.7 Å². The van der Waals surface area contributed by atoms with Crippen LogP contribution in [0.25, 0.3) is 0 Å². The molecule has 0 aromatic heterocycles. The van der Waals surface area contributed by atoms with Gasteiger partial charge in [0.05, 0.1) is 6.61 Å². The van der Waals surface area contributed by atoms with Crippen LogP contribution in [0.5, 0.6) is 0 Å². The molecule has 5 heteroatoms. The van der Waals surface area contributed by atoms with E-state index in [-0.39, 0.29) is 30.0 Å². The van der Waals surface area contributed by atoms with Gasteiger partial charge in [0.2, 0.25) is 5.91 Å². The third-order valence-electron chi connectivity index (χ3n) is 6.22. The second-order valence-electron chi connectivity index (χ2n) is 7.79. The van der Waals surface area contributed by atoms with E-state index in [2.05, 4.69) is 12.1 Å². The van der Waals surface area contributed by atoms with Crippen molar-refractivity contribution in [2.75, 3.05) is 6.61 Å². The van der Waals surface area contributed by atoms with Crippen molar-refractivity contribution in [2.45, 2.75) is 37.8 Å². The SMILES string of the molecule is NC(=O)c1ccc(C(=O)N2[C@H]3CC[C@@H]2[C@@](CO)(Cc2ccccc2)C3)cc1. The third-order valence-corrected chi connectivity index (χ3v) is 6.22. The quantitative estimate of drug-likeness (QED) is 0.854. The summed E-state index contributed by atoms with van der Waals surface area (Å²) in [7, 11) is 0. The number of nitrogens with zero attached hydrogens (tertiary/aromatic N) is 1. The summed E-state index contributed by atoms with van der Waals surface area (Å²) in [4.78, 5) is 26.4. The largest absolute Gasteiger partial charge is 0.396 e. The summed E-state index contributed by atoms with van der Waals surface area (Å²) in [6.07, 6.45) is 3.50. The van der Waals surface area contributed by atoms with E-state index >= 15 is 0 Å². The average molecular weight is 364 g/mol. The van der Waals surface area contributed by atoms with Crippen molar-refractivity contribution >= 4 is 11.8 Å². The van der Waals surface area contributed by atoms with E-state index in [4.69, 9.17) is 5.73 Å². The van der Waals surface area contributed by atoms with Gasteiger partial charge in [0.1, 0.15) is 0 Å². The Morgan fingerprint density at radius 2 is 1.70 bits per heavy atom. The van der Waals surface area contributed by atoms with Gasteiger partial charge in [-0.25, -0.2) is 0 Å². The fourth-order valence-electron chi connectivity index (χ4n) is 4.94. The topological polar surface area (TPSA) is 83.6 Å². The Bertz CT molecular complexity index is 850. The van der Waals surface area contributed by atoms with Crippen LogP contribution in [-0.4, -0.2) is 40.5 Å². The molecule has 0 saturated carbocycles. The second kappa shape index (κ2) is 6.82. The van der Waals surface area contributed by atoms with Crippen molar-refractivity contribution in [1.82, 2.24) is 4.90 Å². The number of nitrogens with two attached hydrogens (primary N) is 1. The smallest absolute Gasteiger partial charge is 0.254 e. The van der Waals surface area contributed by atoms with Gasteiger partial charge in [-0.05, 0) is 55.5 Å². The summed E-state index contributed by atoms with van der Waals surface area (Å²) in [6.45, 7) is 0.0768. The predicted octanol–water partition coefficient (Wildman–Crippen LogP) is 2.38. The van der Waals surface area contributed by atoms with Gasteiger partial charge in [-0.15, -0.1) is 0 Å². The summed E-state index contributed by atoms with van der Waals surface area (Å²) < 4.78 is 0. The molecule has 0 radical (unpaired) electrons. The van der Waals surface area contributed by atoms with E-state index in [1.54, 1.807) is 24.3 Å². The Kier molecular flexibility index (Phi) is 4.48. The molecular formula is C22H24N2O3. The highest BCUT2D eigenvalue weighted by Crippen LogP contribution is 2.51. The average Bonchev–Trinajstić information content (AvgIpc) is 3.24. The Hall–Kier alpha value is -2.66. The maximum Gasteiger partial charge on any atom is 0.254 e. The molecule has 5 nitrogen and oxygen atoms in total. The van der Waals surface area contributed by atoms with E-state index in [1.165, 1.54) is 5.56 Å². The molecule has 2 aliphatic heterocycles. The molecular weight excluding hydrogens is 340 g/mol. The monoisotopic (exact) mass is 364 g/mol. The summed E-state index contributed by atoms with van der Waals surface area (Å²) >= 11 is 0. The first kappa shape index (κ1) is 17.7. The van der Waals surface area contributed by atoms with Crippen LogP contribution < -0.4 is 5.73 Å². The summed E-state index contributed by atoms with van der Waals surface area (Å²) in [6, 6.07) is 16.9. The number of aliphatic hydroxyl groups is 1. The van der Waals surface area contributed by atoms with Crippen LogP contribution in [0, 0.1) is 5.41 Å². The highest BCUT2D eigenvalue weighted by atomic mass is 16.3. The van der Waals surface area contributed by atoms with Crippen LogP contribution in [0.15, 0.2) is 54.6 Å². The second-order valence-corrected chi connectivity index (χ2v) is 7.79. The lowest BCUT2D eigenvalue weighted by Crippen LogP contribution is -2.43. The lowest BCUT2D eigenvalue weighted by Gasteiger charge is -2.36. The zero-order chi connectivity index (χ0) is 19.0. The van der Waals surface area contributed by atoms with E-state index in [1.807, 2.05) is 23.1 Å². The molecule has 2 aliphatic rings. The minimum Gasteiger partial charge on any atom is -0.396 e. The van der Waals surface area contributed by atoms with E-state index in [0.717, 1.165) is 25.7 Å². The van der Waals surface area contributed by atoms with Crippen molar-refractivity contribution in [3.05, 3.63) is 71.3 Å². The molecule has 4 rings (SSSR count). The van der Waals surface area contributed by atoms with Gasteiger partial charge in [0.15, 0.2) is 0 Å². The first-order valence-corrected chi connectivity index (χ1v) is 9.41. The Morgan fingerprint density at radius 3 is 2.33 bits per heavy atom. The van der Waals surface area contributed by atoms with Gasteiger partial charge in [-0.1, -0.05) is 30.3 Å². The van der Waals surface area contributed by atoms with Gasteiger partial charge in [-0.3, -0.25) is 9.59 Å². The van der Waals surface area contributed by atoms with Crippen molar-refractivity contribution in [2.24, 2.45) is 11.1 Å². The number of rotatable bonds is 5. The van der Waals surface area contributed by atoms with Crippen LogP contribution >= 0.6 is 0 Å². The summed E-state index contributed by atoms with van der Waals surface area (Å²) in [5.74, 6) is -0.528. The molecule has 3 atom stereocenters. The molecule has 2 aromatic carbocycles. The molecule has 3 N–H and O–H groups in total. The lowest BCUT2D eigenvalue weighted by atomic mass is 9.70. The van der Waals surface area contributed by atoms with Crippen molar-refractivity contribution < 1.29 is 14.7 Å². The van der Waals surface area contributed by atoms with Crippen molar-refractivity contribution in [1.29, 1.82) is 0 Å². The number of primary amides is 1. The fraction of sp³-hybridized carbons (Fsp3) is 0.364. The van der Waals surface area contributed by atoms with Gasteiger partial charge in [0, 0.05) is 28.6 Å². The molecule has 27 heavy (non-hydrogen) atoms. The number of aliphatic hydroxyl groups excluding tert-OH is 1. The Morgan fingerprint density at radius 1 is 1.04 bits per heavy atom. The third kappa shape index (κ3) is 3.02. The molecule has 2 aromatic rings. The van der Waals surface area contributed by atoms with Crippen LogP contribution in [-0.2, 0) is 6.42 Å². The fourth-order valence-corrected chi connectivity index (χ4v) is 4.94. The minimum atomic E-state index is -0.502. The van der Waals surface area contributed by atoms with Crippen molar-refractivity contribution in [3.8, 4) is 0 Å². The first-order chi connectivity index (χ1) is 13.0. The lowest BCUT2D eigenvalue weighted by molar-refractivity contribution is 0.0571. The predicted molar refractivity (Wildman–Crippen MR) is 102 cm³/mol. The molecule has 0 unspecified atom stereocenters. The van der Waals surface area contributed by atoms with Gasteiger partial charge in [0.25, 0.3) is 5.91 Å². The zero-order valence-corrected chi connectivity index (χ0v) is 15.2. The zero-order valence-electron chi connectivity index (χ0n) is 15.2. The number of carbonyl (C=O) groups is 2. The number of amides is 2. The number of fused-ring (bicyclic) bond motifs is 2. The van der Waals surface area contributed by atoms with Crippen molar-refractivity contribution in [3.63, 3.8) is 0 Å². The van der Waals surface area contributed by atoms with Crippen LogP contribution in [0.2, 0.25) is 0 Å². The van der Waals surface area contributed by atoms with E-state index < -0.39 is 5.91 Å². The Labute approximate surface area is 158 Å². The maximum atomic E-state index is 13.2. The van der Waals surface area contributed by atoms with E-state index in [0.29, 0.717) is 11.1 Å². The number of hydrogen-bond acceptors (Lipinski definition) is 3. The van der Waals surface area contributed by atoms with E-state index in [9.17, 15) is 14.7 Å². The summed E-state index contributed by atoms with van der Waals surface area (Å²) in [5.41, 5.74) is 7.14. The molecule has 2 heterocycles. The standard InChI is InChI=1S/C22H24N2O3/c23-20(26)16-6-8-17(9-7-16)21(27)24-18-10-11-19(24)22(13-18,14-25)12-15-4-2-1-3-5-15/h1-9,18-19,25H,10-14H2,(H2,23,26)/t18-,19+,22-/m0/s1. The molecule has 0 spiro atoms. The van der Waals surface area contributed by atoms with Crippen LogP contribution in [0.4, 0.5) is 0 Å². The number of benzene rings is 2.